The second kappa shape index (κ2) is 12.3. The Labute approximate surface area is 162 Å². The molecular weight excluding hydrogens is 342 g/mol. The molecule has 0 spiro atoms. The highest BCUT2D eigenvalue weighted by atomic mass is 16.5. The van der Waals surface area contributed by atoms with E-state index in [-0.39, 0.29) is 5.91 Å². The number of aryl methyl sites for hydroxylation is 1. The van der Waals surface area contributed by atoms with E-state index in [0.717, 1.165) is 5.56 Å². The number of nitrogens with one attached hydrogen (secondary N) is 3. The molecular formula is C20H33N5O2. The first-order valence-electron chi connectivity index (χ1n) is 9.96. The molecule has 0 atom stereocenters. The van der Waals surface area contributed by atoms with E-state index in [1.165, 1.54) is 38.5 Å². The summed E-state index contributed by atoms with van der Waals surface area (Å²) in [7, 11) is 1.72. The third-order valence-corrected chi connectivity index (χ3v) is 4.60. The van der Waals surface area contributed by atoms with Crippen LogP contribution in [0.4, 0.5) is 5.82 Å². The summed E-state index contributed by atoms with van der Waals surface area (Å²) in [6.07, 6.45) is 10.1. The van der Waals surface area contributed by atoms with Crippen molar-refractivity contribution in [3.8, 4) is 0 Å². The molecule has 7 nitrogen and oxygen atoms in total. The third kappa shape index (κ3) is 8.86. The number of nitrogens with zero attached hydrogens (tertiary/aromatic N) is 2. The summed E-state index contributed by atoms with van der Waals surface area (Å²) in [6, 6.07) is 3.72. The van der Waals surface area contributed by atoms with Gasteiger partial charge in [0, 0.05) is 32.8 Å². The van der Waals surface area contributed by atoms with Crippen LogP contribution in [0, 0.1) is 6.92 Å². The molecule has 0 saturated heterocycles. The molecule has 0 aromatic carbocycles. The number of aliphatic imine (C=N–C) groups is 1. The monoisotopic (exact) mass is 375 g/mol. The smallest absolute Gasteiger partial charge is 0.227 e. The lowest BCUT2D eigenvalue weighted by molar-refractivity contribution is -0.116. The van der Waals surface area contributed by atoms with Crippen LogP contribution in [-0.4, -0.2) is 49.7 Å². The number of rotatable bonds is 8. The minimum atomic E-state index is -0.0778. The number of amides is 1. The maximum absolute atomic E-state index is 12.0. The van der Waals surface area contributed by atoms with Gasteiger partial charge >= 0.3 is 0 Å². The second-order valence-corrected chi connectivity index (χ2v) is 6.93. The van der Waals surface area contributed by atoms with Crippen molar-refractivity contribution in [2.75, 3.05) is 32.1 Å². The SMILES string of the molecule is CN=C(NCCOC1CCCCCC1)NCCC(=O)Nc1ccc(C)cn1. The van der Waals surface area contributed by atoms with Crippen LogP contribution >= 0.6 is 0 Å². The summed E-state index contributed by atoms with van der Waals surface area (Å²) < 4.78 is 5.96. The summed E-state index contributed by atoms with van der Waals surface area (Å²) in [5, 5.41) is 9.15. The fourth-order valence-corrected chi connectivity index (χ4v) is 3.07. The summed E-state index contributed by atoms with van der Waals surface area (Å²) in [5.74, 6) is 1.18. The van der Waals surface area contributed by atoms with Crippen molar-refractivity contribution in [3.05, 3.63) is 23.9 Å². The van der Waals surface area contributed by atoms with Crippen LogP contribution in [0.25, 0.3) is 0 Å². The van der Waals surface area contributed by atoms with Crippen molar-refractivity contribution < 1.29 is 9.53 Å². The van der Waals surface area contributed by atoms with Gasteiger partial charge in [0.15, 0.2) is 5.96 Å². The van der Waals surface area contributed by atoms with Gasteiger partial charge in [-0.25, -0.2) is 4.98 Å². The van der Waals surface area contributed by atoms with E-state index in [1.54, 1.807) is 19.3 Å². The number of anilines is 1. The molecule has 1 amide bonds. The number of pyridine rings is 1. The molecule has 1 aliphatic rings. The number of carbonyl (C=O) groups excluding carboxylic acids is 1. The molecule has 1 fully saturated rings. The Kier molecular flexibility index (Phi) is 9.62. The molecule has 0 unspecified atom stereocenters. The van der Waals surface area contributed by atoms with Crippen molar-refractivity contribution in [2.24, 2.45) is 4.99 Å². The average molecular weight is 376 g/mol. The standard InChI is InChI=1S/C20H33N5O2/c1-16-9-10-18(24-15-16)25-19(26)11-12-22-20(21-2)23-13-14-27-17-7-5-3-4-6-8-17/h9-10,15,17H,3-8,11-14H2,1-2H3,(H2,21,22,23)(H,24,25,26). The molecule has 0 bridgehead atoms. The maximum atomic E-state index is 12.0. The maximum Gasteiger partial charge on any atom is 0.227 e. The van der Waals surface area contributed by atoms with Crippen LogP contribution in [-0.2, 0) is 9.53 Å². The van der Waals surface area contributed by atoms with Gasteiger partial charge in [0.05, 0.1) is 12.7 Å². The topological polar surface area (TPSA) is 87.6 Å². The summed E-state index contributed by atoms with van der Waals surface area (Å²) in [5.41, 5.74) is 1.06. The fraction of sp³-hybridized carbons (Fsp3) is 0.650. The first kappa shape index (κ1) is 21.2. The minimum Gasteiger partial charge on any atom is -0.376 e. The van der Waals surface area contributed by atoms with Gasteiger partial charge in [0.1, 0.15) is 5.82 Å². The van der Waals surface area contributed by atoms with Gasteiger partial charge in [0.2, 0.25) is 5.91 Å². The molecule has 27 heavy (non-hydrogen) atoms. The number of hydrogen-bond donors (Lipinski definition) is 3. The molecule has 1 saturated carbocycles. The summed E-state index contributed by atoms with van der Waals surface area (Å²) >= 11 is 0. The Morgan fingerprint density at radius 2 is 1.93 bits per heavy atom. The Morgan fingerprint density at radius 3 is 2.59 bits per heavy atom. The Hall–Kier alpha value is -2.15. The molecule has 1 aliphatic carbocycles. The van der Waals surface area contributed by atoms with E-state index < -0.39 is 0 Å². The van der Waals surface area contributed by atoms with Gasteiger partial charge in [-0.3, -0.25) is 9.79 Å². The van der Waals surface area contributed by atoms with Crippen molar-refractivity contribution in [1.82, 2.24) is 15.6 Å². The first-order valence-corrected chi connectivity index (χ1v) is 9.96. The van der Waals surface area contributed by atoms with Gasteiger partial charge in [-0.15, -0.1) is 0 Å². The Morgan fingerprint density at radius 1 is 1.19 bits per heavy atom. The molecule has 1 aromatic rings. The van der Waals surface area contributed by atoms with E-state index in [4.69, 9.17) is 4.74 Å². The molecule has 1 aromatic heterocycles. The number of carbonyl (C=O) groups is 1. The van der Waals surface area contributed by atoms with Crippen LogP contribution < -0.4 is 16.0 Å². The van der Waals surface area contributed by atoms with E-state index in [0.29, 0.717) is 44.0 Å². The quantitative estimate of drug-likeness (QED) is 0.281. The zero-order chi connectivity index (χ0) is 19.3. The van der Waals surface area contributed by atoms with Crippen molar-refractivity contribution >= 4 is 17.7 Å². The fourth-order valence-electron chi connectivity index (χ4n) is 3.07. The van der Waals surface area contributed by atoms with Crippen LogP contribution in [0.1, 0.15) is 50.5 Å². The van der Waals surface area contributed by atoms with Crippen LogP contribution in [0.15, 0.2) is 23.3 Å². The number of aromatic nitrogens is 1. The molecule has 1 heterocycles. The van der Waals surface area contributed by atoms with Crippen LogP contribution in [0.2, 0.25) is 0 Å². The van der Waals surface area contributed by atoms with Crippen molar-refractivity contribution in [3.63, 3.8) is 0 Å². The zero-order valence-corrected chi connectivity index (χ0v) is 16.6. The van der Waals surface area contributed by atoms with Gasteiger partial charge < -0.3 is 20.7 Å². The van der Waals surface area contributed by atoms with Gasteiger partial charge in [-0.1, -0.05) is 31.7 Å². The van der Waals surface area contributed by atoms with E-state index in [2.05, 4.69) is 25.9 Å². The van der Waals surface area contributed by atoms with E-state index in [1.807, 2.05) is 13.0 Å². The van der Waals surface area contributed by atoms with Gasteiger partial charge in [-0.2, -0.15) is 0 Å². The van der Waals surface area contributed by atoms with E-state index >= 15 is 0 Å². The predicted molar refractivity (Wildman–Crippen MR) is 109 cm³/mol. The Balaban J connectivity index is 1.56. The highest BCUT2D eigenvalue weighted by molar-refractivity contribution is 5.90. The van der Waals surface area contributed by atoms with Gasteiger partial charge in [-0.05, 0) is 31.4 Å². The second-order valence-electron chi connectivity index (χ2n) is 6.93. The summed E-state index contributed by atoms with van der Waals surface area (Å²) in [4.78, 5) is 20.3. The molecule has 2 rings (SSSR count). The molecule has 3 N–H and O–H groups in total. The molecule has 0 radical (unpaired) electrons. The highest BCUT2D eigenvalue weighted by Gasteiger charge is 2.12. The van der Waals surface area contributed by atoms with Crippen molar-refractivity contribution in [1.29, 1.82) is 0 Å². The molecule has 150 valence electrons. The van der Waals surface area contributed by atoms with E-state index in [9.17, 15) is 4.79 Å². The highest BCUT2D eigenvalue weighted by Crippen LogP contribution is 2.19. The number of guanidine groups is 1. The van der Waals surface area contributed by atoms with Crippen LogP contribution in [0.5, 0.6) is 0 Å². The Bertz CT molecular complexity index is 581. The minimum absolute atomic E-state index is 0.0778. The lowest BCUT2D eigenvalue weighted by Gasteiger charge is -2.16. The molecule has 7 heteroatoms. The largest absolute Gasteiger partial charge is 0.376 e. The lowest BCUT2D eigenvalue weighted by Crippen LogP contribution is -2.40. The van der Waals surface area contributed by atoms with Gasteiger partial charge in [0.25, 0.3) is 0 Å². The third-order valence-electron chi connectivity index (χ3n) is 4.60. The average Bonchev–Trinajstić information content (AvgIpc) is 2.94. The zero-order valence-electron chi connectivity index (χ0n) is 16.6. The first-order chi connectivity index (χ1) is 13.2. The van der Waals surface area contributed by atoms with Crippen LogP contribution in [0.3, 0.4) is 0 Å². The normalized spacial score (nSPS) is 15.9. The lowest BCUT2D eigenvalue weighted by atomic mass is 10.1. The number of hydrogen-bond acceptors (Lipinski definition) is 4. The number of ether oxygens (including phenoxy) is 1. The predicted octanol–water partition coefficient (Wildman–Crippen LogP) is 2.62. The van der Waals surface area contributed by atoms with Crippen molar-refractivity contribution in [2.45, 2.75) is 58.0 Å². The molecule has 0 aliphatic heterocycles. The summed E-state index contributed by atoms with van der Waals surface area (Å²) in [6.45, 7) is 3.84.